The molecule has 0 aliphatic carbocycles. The summed E-state index contributed by atoms with van der Waals surface area (Å²) >= 11 is 0. The molecule has 0 spiro atoms. The van der Waals surface area contributed by atoms with Crippen LogP contribution in [-0.2, 0) is 28.5 Å². The van der Waals surface area contributed by atoms with E-state index in [1.807, 2.05) is 41.5 Å². The van der Waals surface area contributed by atoms with Crippen molar-refractivity contribution in [2.45, 2.75) is 66.6 Å². The molecule has 0 aromatic rings. The summed E-state index contributed by atoms with van der Waals surface area (Å²) in [6.45, 7) is 12.9. The Morgan fingerprint density at radius 2 is 1.04 bits per heavy atom. The number of carbonyl (C=O) groups excluding carboxylic acids is 2. The molecule has 0 aromatic carbocycles. The lowest BCUT2D eigenvalue weighted by Gasteiger charge is -2.26. The van der Waals surface area contributed by atoms with Crippen molar-refractivity contribution in [2.75, 3.05) is 26.4 Å². The first-order valence-corrected chi connectivity index (χ1v) is 8.89. The molecule has 0 aliphatic heterocycles. The van der Waals surface area contributed by atoms with Crippen LogP contribution >= 0.6 is 0 Å². The Balaban J connectivity index is 5.16. The number of ether oxygens (including phenoxy) is 4. The maximum atomic E-state index is 12.3. The quantitative estimate of drug-likeness (QED) is 0.478. The van der Waals surface area contributed by atoms with E-state index >= 15 is 0 Å². The highest BCUT2D eigenvalue weighted by Gasteiger charge is 2.38. The number of hydrogen-bond donors (Lipinski definition) is 0. The maximum absolute atomic E-state index is 12.3. The third-order valence-electron chi connectivity index (χ3n) is 2.85. The van der Waals surface area contributed by atoms with E-state index in [9.17, 15) is 9.59 Å². The summed E-state index contributed by atoms with van der Waals surface area (Å²) in [7, 11) is 0. The van der Waals surface area contributed by atoms with E-state index in [2.05, 4.69) is 0 Å². The van der Waals surface area contributed by atoms with Gasteiger partial charge in [-0.05, 0) is 24.7 Å². The van der Waals surface area contributed by atoms with E-state index < -0.39 is 24.1 Å². The molecule has 2 unspecified atom stereocenters. The number of hydrogen-bond acceptors (Lipinski definition) is 6. The van der Waals surface area contributed by atoms with Gasteiger partial charge in [0.15, 0.2) is 12.2 Å². The molecule has 0 bridgehead atoms. The third-order valence-corrected chi connectivity index (χ3v) is 2.85. The summed E-state index contributed by atoms with van der Waals surface area (Å²) in [6, 6.07) is 0. The van der Waals surface area contributed by atoms with E-state index in [1.165, 1.54) is 0 Å². The van der Waals surface area contributed by atoms with Crippen LogP contribution in [-0.4, -0.2) is 50.6 Å². The topological polar surface area (TPSA) is 71.1 Å². The molecular formula is C18H34O6. The Labute approximate surface area is 146 Å². The van der Waals surface area contributed by atoms with Gasteiger partial charge < -0.3 is 18.9 Å². The third kappa shape index (κ3) is 9.88. The van der Waals surface area contributed by atoms with Crippen LogP contribution in [0.2, 0.25) is 0 Å². The van der Waals surface area contributed by atoms with Gasteiger partial charge in [0.25, 0.3) is 0 Å². The fraction of sp³-hybridized carbons (Fsp3) is 0.889. The van der Waals surface area contributed by atoms with Crippen LogP contribution in [0.5, 0.6) is 0 Å². The predicted molar refractivity (Wildman–Crippen MR) is 91.7 cm³/mol. The highest BCUT2D eigenvalue weighted by molar-refractivity contribution is 5.85. The molecule has 0 rings (SSSR count). The molecule has 0 amide bonds. The van der Waals surface area contributed by atoms with Crippen molar-refractivity contribution in [2.24, 2.45) is 11.8 Å². The Kier molecular flexibility index (Phi) is 12.6. The molecule has 0 aromatic heterocycles. The Morgan fingerprint density at radius 1 is 0.708 bits per heavy atom. The Morgan fingerprint density at radius 3 is 1.29 bits per heavy atom. The van der Waals surface area contributed by atoms with Crippen molar-refractivity contribution in [3.63, 3.8) is 0 Å². The smallest absolute Gasteiger partial charge is 0.338 e. The minimum Gasteiger partial charge on any atom is -0.464 e. The van der Waals surface area contributed by atoms with Gasteiger partial charge in [-0.1, -0.05) is 41.5 Å². The van der Waals surface area contributed by atoms with Gasteiger partial charge in [0.05, 0.1) is 26.4 Å². The van der Waals surface area contributed by atoms with Gasteiger partial charge in [-0.15, -0.1) is 0 Å². The van der Waals surface area contributed by atoms with Crippen LogP contribution in [0.15, 0.2) is 0 Å². The van der Waals surface area contributed by atoms with Crippen molar-refractivity contribution in [3.8, 4) is 0 Å². The molecular weight excluding hydrogens is 312 g/mol. The standard InChI is InChI=1S/C18H34O6/c1-7-9-21-17(19)15(23-11-13(3)4)16(24-12-14(5)6)18(20)22-10-8-2/h13-16H,7-12H2,1-6H3. The second-order valence-corrected chi connectivity index (χ2v) is 6.63. The van der Waals surface area contributed by atoms with Gasteiger partial charge in [-0.3, -0.25) is 0 Å². The zero-order valence-electron chi connectivity index (χ0n) is 16.0. The van der Waals surface area contributed by atoms with E-state index in [0.29, 0.717) is 26.1 Å². The molecule has 0 fully saturated rings. The first kappa shape index (κ1) is 22.9. The molecule has 0 aliphatic rings. The van der Waals surface area contributed by atoms with Crippen molar-refractivity contribution in [1.29, 1.82) is 0 Å². The minimum absolute atomic E-state index is 0.212. The average Bonchev–Trinajstić information content (AvgIpc) is 2.52. The zero-order chi connectivity index (χ0) is 18.5. The first-order chi connectivity index (χ1) is 11.3. The number of carbonyl (C=O) groups is 2. The van der Waals surface area contributed by atoms with Crippen LogP contribution in [0.4, 0.5) is 0 Å². The van der Waals surface area contributed by atoms with E-state index in [0.717, 1.165) is 0 Å². The highest BCUT2D eigenvalue weighted by Crippen LogP contribution is 2.13. The highest BCUT2D eigenvalue weighted by atomic mass is 16.6. The first-order valence-electron chi connectivity index (χ1n) is 8.89. The summed E-state index contributed by atoms with van der Waals surface area (Å²) in [4.78, 5) is 24.7. The van der Waals surface area contributed by atoms with Gasteiger partial charge in [0.2, 0.25) is 0 Å². The summed E-state index contributed by atoms with van der Waals surface area (Å²) in [5, 5.41) is 0. The minimum atomic E-state index is -1.11. The Hall–Kier alpha value is -1.14. The molecule has 0 radical (unpaired) electrons. The fourth-order valence-corrected chi connectivity index (χ4v) is 1.72. The fourth-order valence-electron chi connectivity index (χ4n) is 1.72. The van der Waals surface area contributed by atoms with Gasteiger partial charge in [0.1, 0.15) is 0 Å². The van der Waals surface area contributed by atoms with Gasteiger partial charge in [-0.2, -0.15) is 0 Å². The summed E-state index contributed by atoms with van der Waals surface area (Å²) in [5.74, 6) is -0.743. The SMILES string of the molecule is CCCOC(=O)C(OCC(C)C)C(OCC(C)C)C(=O)OCCC. The molecule has 142 valence electrons. The predicted octanol–water partition coefficient (Wildman–Crippen LogP) is 2.98. The average molecular weight is 346 g/mol. The molecule has 0 saturated carbocycles. The van der Waals surface area contributed by atoms with Crippen molar-refractivity contribution < 1.29 is 28.5 Å². The molecule has 0 saturated heterocycles. The normalized spacial score (nSPS) is 13.8. The lowest BCUT2D eigenvalue weighted by Crippen LogP contribution is -2.46. The molecule has 24 heavy (non-hydrogen) atoms. The van der Waals surface area contributed by atoms with Crippen LogP contribution in [0.3, 0.4) is 0 Å². The maximum Gasteiger partial charge on any atom is 0.338 e. The molecule has 0 heterocycles. The summed E-state index contributed by atoms with van der Waals surface area (Å²) in [6.07, 6.45) is -0.829. The number of esters is 2. The monoisotopic (exact) mass is 346 g/mol. The van der Waals surface area contributed by atoms with Crippen LogP contribution < -0.4 is 0 Å². The van der Waals surface area contributed by atoms with E-state index in [4.69, 9.17) is 18.9 Å². The number of rotatable bonds is 13. The second-order valence-electron chi connectivity index (χ2n) is 6.63. The largest absolute Gasteiger partial charge is 0.464 e. The second kappa shape index (κ2) is 13.2. The molecule has 2 atom stereocenters. The molecule has 6 heteroatoms. The Bertz CT molecular complexity index is 319. The van der Waals surface area contributed by atoms with E-state index in [-0.39, 0.29) is 25.0 Å². The molecule has 0 N–H and O–H groups in total. The van der Waals surface area contributed by atoms with Crippen LogP contribution in [0.25, 0.3) is 0 Å². The lowest BCUT2D eigenvalue weighted by atomic mass is 10.1. The summed E-state index contributed by atoms with van der Waals surface area (Å²) < 4.78 is 21.7. The lowest BCUT2D eigenvalue weighted by molar-refractivity contribution is -0.185. The van der Waals surface area contributed by atoms with Crippen LogP contribution in [0.1, 0.15) is 54.4 Å². The van der Waals surface area contributed by atoms with Gasteiger partial charge >= 0.3 is 11.9 Å². The zero-order valence-corrected chi connectivity index (χ0v) is 16.0. The van der Waals surface area contributed by atoms with Gasteiger partial charge in [0, 0.05) is 0 Å². The van der Waals surface area contributed by atoms with Crippen molar-refractivity contribution in [1.82, 2.24) is 0 Å². The molecule has 6 nitrogen and oxygen atoms in total. The summed E-state index contributed by atoms with van der Waals surface area (Å²) in [5.41, 5.74) is 0. The van der Waals surface area contributed by atoms with Crippen molar-refractivity contribution in [3.05, 3.63) is 0 Å². The van der Waals surface area contributed by atoms with E-state index in [1.54, 1.807) is 0 Å². The van der Waals surface area contributed by atoms with Crippen molar-refractivity contribution >= 4 is 11.9 Å². The van der Waals surface area contributed by atoms with Crippen LogP contribution in [0, 0.1) is 11.8 Å². The van der Waals surface area contributed by atoms with Gasteiger partial charge in [-0.25, -0.2) is 9.59 Å².